The molecule has 0 radical (unpaired) electrons. The Morgan fingerprint density at radius 1 is 0.833 bits per heavy atom. The lowest BCUT2D eigenvalue weighted by atomic mass is 10.1. The Morgan fingerprint density at radius 2 is 1.40 bits per heavy atom. The van der Waals surface area contributed by atoms with Crippen molar-refractivity contribution in [1.29, 1.82) is 0 Å². The van der Waals surface area contributed by atoms with E-state index in [1.807, 2.05) is 25.1 Å². The molecule has 2 aromatic rings. The number of benzene rings is 1. The zero-order valence-corrected chi connectivity index (χ0v) is 17.8. The van der Waals surface area contributed by atoms with Gasteiger partial charge in [0.05, 0.1) is 6.21 Å². The minimum absolute atomic E-state index is 0.509. The van der Waals surface area contributed by atoms with E-state index in [1.165, 1.54) is 38.5 Å². The van der Waals surface area contributed by atoms with Gasteiger partial charge in [-0.2, -0.15) is 20.1 Å². The lowest BCUT2D eigenvalue weighted by Gasteiger charge is -2.30. The van der Waals surface area contributed by atoms with Crippen molar-refractivity contribution in [1.82, 2.24) is 15.0 Å². The quantitative estimate of drug-likeness (QED) is 0.569. The number of aromatic nitrogens is 3. The summed E-state index contributed by atoms with van der Waals surface area (Å²) in [4.78, 5) is 18.7. The zero-order valence-electron chi connectivity index (χ0n) is 17.8. The maximum Gasteiger partial charge on any atom is 0.250 e. The van der Waals surface area contributed by atoms with Crippen molar-refractivity contribution in [3.8, 4) is 0 Å². The lowest BCUT2D eigenvalue weighted by Crippen LogP contribution is -2.34. The fraction of sp³-hybridized carbons (Fsp3) is 0.478. The Hall–Kier alpha value is -2.96. The Labute approximate surface area is 178 Å². The summed E-state index contributed by atoms with van der Waals surface area (Å²) in [6.45, 7) is 6.05. The molecule has 158 valence electrons. The van der Waals surface area contributed by atoms with E-state index in [9.17, 15) is 0 Å². The first-order valence-corrected chi connectivity index (χ1v) is 11.1. The van der Waals surface area contributed by atoms with Crippen molar-refractivity contribution in [2.24, 2.45) is 5.10 Å². The largest absolute Gasteiger partial charge is 0.341 e. The van der Waals surface area contributed by atoms with Crippen molar-refractivity contribution < 1.29 is 0 Å². The van der Waals surface area contributed by atoms with Crippen LogP contribution in [0.2, 0.25) is 0 Å². The minimum atomic E-state index is 0.509. The molecule has 3 heterocycles. The molecule has 2 aliphatic rings. The predicted molar refractivity (Wildman–Crippen MR) is 124 cm³/mol. The van der Waals surface area contributed by atoms with Crippen molar-refractivity contribution >= 4 is 30.1 Å². The molecule has 1 aromatic carbocycles. The second-order valence-electron chi connectivity index (χ2n) is 8.02. The molecule has 30 heavy (non-hydrogen) atoms. The van der Waals surface area contributed by atoms with Crippen LogP contribution in [0, 0.1) is 0 Å². The third-order valence-corrected chi connectivity index (χ3v) is 5.52. The fourth-order valence-corrected chi connectivity index (χ4v) is 3.92. The van der Waals surface area contributed by atoms with E-state index in [0.717, 1.165) is 49.2 Å². The summed E-state index contributed by atoms with van der Waals surface area (Å²) in [5, 5.41) is 4.38. The van der Waals surface area contributed by atoms with Crippen LogP contribution >= 0.6 is 0 Å². The molecular formula is C23H31N7. The normalized spacial score (nSPS) is 18.1. The third-order valence-electron chi connectivity index (χ3n) is 5.52. The molecule has 0 aliphatic carbocycles. The maximum absolute atomic E-state index is 4.81. The van der Waals surface area contributed by atoms with E-state index in [0.29, 0.717) is 5.95 Å². The standard InChI is InChI=1S/C23H31N7/c1-19(17-20-11-5-2-6-12-20)18-24-28-21-25-22(29-13-7-3-8-14-29)27-23(26-21)30-15-9-4-10-16-30/h2,5-6,11-12,17-18H,3-4,7-10,13-16H2,1H3,(H,25,26,27,28)/b19-17-,24-18?. The molecule has 2 fully saturated rings. The van der Waals surface area contributed by atoms with Gasteiger partial charge in [-0.3, -0.25) is 0 Å². The second kappa shape index (κ2) is 10.2. The molecule has 1 N–H and O–H groups in total. The van der Waals surface area contributed by atoms with Gasteiger partial charge in [0.2, 0.25) is 17.8 Å². The third kappa shape index (κ3) is 5.55. The van der Waals surface area contributed by atoms with Gasteiger partial charge in [-0.15, -0.1) is 0 Å². The topological polar surface area (TPSA) is 69.5 Å². The summed E-state index contributed by atoms with van der Waals surface area (Å²) in [7, 11) is 0. The van der Waals surface area contributed by atoms with Gasteiger partial charge in [-0.05, 0) is 56.6 Å². The fourth-order valence-electron chi connectivity index (χ4n) is 3.92. The number of rotatable bonds is 6. The molecule has 0 unspecified atom stereocenters. The maximum atomic E-state index is 4.81. The molecular weight excluding hydrogens is 374 g/mol. The van der Waals surface area contributed by atoms with E-state index < -0.39 is 0 Å². The molecule has 2 aliphatic heterocycles. The Morgan fingerprint density at radius 3 is 1.97 bits per heavy atom. The van der Waals surface area contributed by atoms with Crippen molar-refractivity contribution in [2.75, 3.05) is 41.4 Å². The highest BCUT2D eigenvalue weighted by Crippen LogP contribution is 2.22. The van der Waals surface area contributed by atoms with E-state index in [-0.39, 0.29) is 0 Å². The number of hydrazone groups is 1. The molecule has 0 atom stereocenters. The first-order valence-electron chi connectivity index (χ1n) is 11.1. The number of piperidine rings is 2. The Balaban J connectivity index is 1.51. The summed E-state index contributed by atoms with van der Waals surface area (Å²) in [6.07, 6.45) is 11.2. The van der Waals surface area contributed by atoms with Crippen LogP contribution in [0.5, 0.6) is 0 Å². The molecule has 0 spiro atoms. The molecule has 0 bridgehead atoms. The number of nitrogens with one attached hydrogen (secondary N) is 1. The lowest BCUT2D eigenvalue weighted by molar-refractivity contribution is 0.556. The van der Waals surface area contributed by atoms with Crippen LogP contribution in [-0.4, -0.2) is 47.3 Å². The monoisotopic (exact) mass is 405 g/mol. The summed E-state index contributed by atoms with van der Waals surface area (Å²) < 4.78 is 0. The average molecular weight is 406 g/mol. The van der Waals surface area contributed by atoms with Gasteiger partial charge in [0.15, 0.2) is 0 Å². The minimum Gasteiger partial charge on any atom is -0.341 e. The van der Waals surface area contributed by atoms with Crippen LogP contribution in [0.1, 0.15) is 51.0 Å². The summed E-state index contributed by atoms with van der Waals surface area (Å²) in [6, 6.07) is 10.2. The van der Waals surface area contributed by atoms with Gasteiger partial charge in [0.25, 0.3) is 0 Å². The molecule has 1 aromatic heterocycles. The second-order valence-corrected chi connectivity index (χ2v) is 8.02. The highest BCUT2D eigenvalue weighted by Gasteiger charge is 2.20. The van der Waals surface area contributed by atoms with E-state index >= 15 is 0 Å². The Kier molecular flexibility index (Phi) is 6.90. The molecule has 7 nitrogen and oxygen atoms in total. The predicted octanol–water partition coefficient (Wildman–Crippen LogP) is 4.35. The van der Waals surface area contributed by atoms with Crippen LogP contribution in [0.3, 0.4) is 0 Å². The first-order chi connectivity index (χ1) is 14.8. The first kappa shape index (κ1) is 20.3. The highest BCUT2D eigenvalue weighted by atomic mass is 15.4. The SMILES string of the molecule is C/C(C=NNc1nc(N2CCCCC2)nc(N2CCCCC2)n1)=C/c1ccccc1. The molecule has 0 saturated carbocycles. The number of allylic oxidation sites excluding steroid dienone is 1. The number of hydrogen-bond acceptors (Lipinski definition) is 7. The smallest absolute Gasteiger partial charge is 0.250 e. The Bertz CT molecular complexity index is 830. The van der Waals surface area contributed by atoms with E-state index in [1.54, 1.807) is 6.21 Å². The number of hydrogen-bond donors (Lipinski definition) is 1. The van der Waals surface area contributed by atoms with Crippen molar-refractivity contribution in [3.05, 3.63) is 41.5 Å². The summed E-state index contributed by atoms with van der Waals surface area (Å²) in [5.74, 6) is 2.04. The average Bonchev–Trinajstić information content (AvgIpc) is 2.81. The molecule has 4 rings (SSSR count). The van der Waals surface area contributed by atoms with Crippen LogP contribution < -0.4 is 15.2 Å². The van der Waals surface area contributed by atoms with Crippen LogP contribution in [0.25, 0.3) is 6.08 Å². The van der Waals surface area contributed by atoms with E-state index in [2.05, 4.69) is 48.5 Å². The van der Waals surface area contributed by atoms with E-state index in [4.69, 9.17) is 4.98 Å². The van der Waals surface area contributed by atoms with Crippen LogP contribution in [-0.2, 0) is 0 Å². The van der Waals surface area contributed by atoms with Gasteiger partial charge < -0.3 is 9.80 Å². The van der Waals surface area contributed by atoms with Crippen molar-refractivity contribution in [3.63, 3.8) is 0 Å². The number of nitrogens with zero attached hydrogens (tertiary/aromatic N) is 6. The molecule has 2 saturated heterocycles. The number of anilines is 3. The molecule has 0 amide bonds. The van der Waals surface area contributed by atoms with Gasteiger partial charge in [-0.25, -0.2) is 5.43 Å². The van der Waals surface area contributed by atoms with Gasteiger partial charge in [-0.1, -0.05) is 36.4 Å². The van der Waals surface area contributed by atoms with Crippen LogP contribution in [0.15, 0.2) is 41.0 Å². The highest BCUT2D eigenvalue weighted by molar-refractivity contribution is 5.85. The van der Waals surface area contributed by atoms with Crippen LogP contribution in [0.4, 0.5) is 17.8 Å². The molecule has 7 heteroatoms. The van der Waals surface area contributed by atoms with Crippen molar-refractivity contribution in [2.45, 2.75) is 45.4 Å². The zero-order chi connectivity index (χ0) is 20.6. The van der Waals surface area contributed by atoms with Gasteiger partial charge in [0, 0.05) is 26.2 Å². The summed E-state index contributed by atoms with van der Waals surface area (Å²) in [5.41, 5.74) is 5.24. The van der Waals surface area contributed by atoms with Gasteiger partial charge in [0.1, 0.15) is 0 Å². The van der Waals surface area contributed by atoms with Gasteiger partial charge >= 0.3 is 0 Å². The summed E-state index contributed by atoms with van der Waals surface area (Å²) >= 11 is 0.